The number of pyridine rings is 1. The first kappa shape index (κ1) is 20.5. The summed E-state index contributed by atoms with van der Waals surface area (Å²) >= 11 is 0. The summed E-state index contributed by atoms with van der Waals surface area (Å²) in [6, 6.07) is 11.7. The van der Waals surface area contributed by atoms with Gasteiger partial charge in [0.05, 0.1) is 13.2 Å². The van der Waals surface area contributed by atoms with Crippen molar-refractivity contribution < 1.29 is 14.1 Å². The van der Waals surface area contributed by atoms with E-state index in [4.69, 9.17) is 9.26 Å². The molecular weight excluding hydrogens is 368 g/mol. The van der Waals surface area contributed by atoms with E-state index >= 15 is 0 Å². The molecule has 2 aromatic heterocycles. The van der Waals surface area contributed by atoms with Crippen molar-refractivity contribution in [1.29, 1.82) is 0 Å². The third-order valence-electron chi connectivity index (χ3n) is 4.38. The molecule has 1 N–H and O–H groups in total. The normalized spacial score (nSPS) is 11.3. The molecule has 0 saturated heterocycles. The van der Waals surface area contributed by atoms with Gasteiger partial charge in [0.1, 0.15) is 5.75 Å². The molecule has 3 aromatic rings. The Hall–Kier alpha value is -3.22. The fourth-order valence-corrected chi connectivity index (χ4v) is 2.68. The van der Waals surface area contributed by atoms with Crippen LogP contribution in [-0.4, -0.2) is 27.6 Å². The Morgan fingerprint density at radius 1 is 1.10 bits per heavy atom. The van der Waals surface area contributed by atoms with Gasteiger partial charge < -0.3 is 14.6 Å². The zero-order valence-corrected chi connectivity index (χ0v) is 17.0. The van der Waals surface area contributed by atoms with Crippen molar-refractivity contribution in [2.75, 3.05) is 6.61 Å². The largest absolute Gasteiger partial charge is 0.494 e. The zero-order valence-electron chi connectivity index (χ0n) is 17.0. The highest BCUT2D eigenvalue weighted by Gasteiger charge is 2.13. The van der Waals surface area contributed by atoms with Crippen LogP contribution in [0.25, 0.3) is 11.4 Å². The molecule has 0 fully saturated rings. The van der Waals surface area contributed by atoms with Crippen molar-refractivity contribution in [2.45, 2.75) is 45.6 Å². The van der Waals surface area contributed by atoms with Gasteiger partial charge >= 0.3 is 0 Å². The monoisotopic (exact) mass is 394 g/mol. The van der Waals surface area contributed by atoms with Crippen LogP contribution in [0.15, 0.2) is 53.3 Å². The van der Waals surface area contributed by atoms with E-state index in [1.807, 2.05) is 12.1 Å². The number of amides is 1. The van der Waals surface area contributed by atoms with Crippen molar-refractivity contribution in [2.24, 2.45) is 0 Å². The highest BCUT2D eigenvalue weighted by molar-refractivity contribution is 5.75. The molecule has 1 amide bonds. The maximum absolute atomic E-state index is 12.0. The smallest absolute Gasteiger partial charge is 0.246 e. The van der Waals surface area contributed by atoms with E-state index in [0.29, 0.717) is 31.2 Å². The number of benzene rings is 1. The lowest BCUT2D eigenvalue weighted by atomic mass is 9.87. The summed E-state index contributed by atoms with van der Waals surface area (Å²) in [4.78, 5) is 20.2. The summed E-state index contributed by atoms with van der Waals surface area (Å²) in [6.45, 7) is 7.21. The van der Waals surface area contributed by atoms with Crippen LogP contribution in [0.2, 0.25) is 0 Å². The predicted octanol–water partition coefficient (Wildman–Crippen LogP) is 3.90. The summed E-state index contributed by atoms with van der Waals surface area (Å²) in [5.41, 5.74) is 2.19. The zero-order chi connectivity index (χ0) is 20.7. The summed E-state index contributed by atoms with van der Waals surface area (Å²) in [6.07, 6.45) is 4.31. The highest BCUT2D eigenvalue weighted by Crippen LogP contribution is 2.24. The minimum Gasteiger partial charge on any atom is -0.494 e. The first-order valence-corrected chi connectivity index (χ1v) is 9.65. The van der Waals surface area contributed by atoms with E-state index < -0.39 is 0 Å². The van der Waals surface area contributed by atoms with E-state index in [0.717, 1.165) is 11.3 Å². The molecule has 0 bridgehead atoms. The van der Waals surface area contributed by atoms with E-state index in [9.17, 15) is 4.79 Å². The van der Waals surface area contributed by atoms with Gasteiger partial charge in [-0.15, -0.1) is 0 Å². The summed E-state index contributed by atoms with van der Waals surface area (Å²) in [5, 5.41) is 6.69. The Kier molecular flexibility index (Phi) is 6.59. The summed E-state index contributed by atoms with van der Waals surface area (Å²) in [5.74, 6) is 1.57. The molecule has 7 nitrogen and oxygen atoms in total. The molecular formula is C22H26N4O3. The Balaban J connectivity index is 1.36. The number of aromatic nitrogens is 3. The van der Waals surface area contributed by atoms with Crippen molar-refractivity contribution in [3.05, 3.63) is 60.2 Å². The second-order valence-corrected chi connectivity index (χ2v) is 7.75. The maximum atomic E-state index is 12.0. The molecule has 2 heterocycles. The van der Waals surface area contributed by atoms with Crippen LogP contribution in [0.3, 0.4) is 0 Å². The van der Waals surface area contributed by atoms with Gasteiger partial charge in [-0.25, -0.2) is 0 Å². The van der Waals surface area contributed by atoms with E-state index in [1.54, 1.807) is 24.5 Å². The van der Waals surface area contributed by atoms with Crippen molar-refractivity contribution in [3.8, 4) is 17.1 Å². The molecule has 152 valence electrons. The minimum absolute atomic E-state index is 0.0830. The predicted molar refractivity (Wildman–Crippen MR) is 109 cm³/mol. The molecule has 7 heteroatoms. The van der Waals surface area contributed by atoms with Crippen LogP contribution in [0.5, 0.6) is 5.75 Å². The van der Waals surface area contributed by atoms with Gasteiger partial charge in [0.25, 0.3) is 0 Å². The molecule has 0 aliphatic heterocycles. The number of hydrogen-bond acceptors (Lipinski definition) is 6. The third-order valence-corrected chi connectivity index (χ3v) is 4.38. The number of hydrogen-bond donors (Lipinski definition) is 1. The lowest BCUT2D eigenvalue weighted by molar-refractivity contribution is -0.121. The van der Waals surface area contributed by atoms with Crippen LogP contribution >= 0.6 is 0 Å². The van der Waals surface area contributed by atoms with Crippen LogP contribution in [0, 0.1) is 0 Å². The standard InChI is InChI=1S/C22H26N4O3/c1-22(2,3)17-6-8-18(9-7-17)28-14-4-5-19(27)24-15-20-25-21(26-29-20)16-10-12-23-13-11-16/h6-13H,4-5,14-15H2,1-3H3,(H,24,27). The number of ether oxygens (including phenoxy) is 1. The fraction of sp³-hybridized carbons (Fsp3) is 0.364. The third kappa shape index (κ3) is 6.14. The molecule has 1 aromatic carbocycles. The molecule has 3 rings (SSSR count). The average Bonchev–Trinajstić information content (AvgIpc) is 3.19. The fourth-order valence-electron chi connectivity index (χ4n) is 2.68. The molecule has 29 heavy (non-hydrogen) atoms. The maximum Gasteiger partial charge on any atom is 0.246 e. The number of nitrogens with zero attached hydrogens (tertiary/aromatic N) is 3. The Labute approximate surface area is 170 Å². The van der Waals surface area contributed by atoms with Crippen molar-refractivity contribution in [1.82, 2.24) is 20.4 Å². The second kappa shape index (κ2) is 9.32. The van der Waals surface area contributed by atoms with Crippen LogP contribution in [0.1, 0.15) is 45.1 Å². The van der Waals surface area contributed by atoms with E-state index in [1.165, 1.54) is 5.56 Å². The quantitative estimate of drug-likeness (QED) is 0.583. The van der Waals surface area contributed by atoms with Crippen LogP contribution < -0.4 is 10.1 Å². The van der Waals surface area contributed by atoms with Crippen molar-refractivity contribution in [3.63, 3.8) is 0 Å². The van der Waals surface area contributed by atoms with Gasteiger partial charge in [0.15, 0.2) is 0 Å². The van der Waals surface area contributed by atoms with Crippen LogP contribution in [-0.2, 0) is 16.8 Å². The molecule has 0 unspecified atom stereocenters. The minimum atomic E-state index is -0.0830. The average molecular weight is 394 g/mol. The first-order valence-electron chi connectivity index (χ1n) is 9.65. The molecule has 0 spiro atoms. The van der Waals surface area contributed by atoms with Gasteiger partial charge in [-0.05, 0) is 41.7 Å². The number of rotatable bonds is 8. The lowest BCUT2D eigenvalue weighted by Gasteiger charge is -2.19. The molecule has 0 atom stereocenters. The van der Waals surface area contributed by atoms with Gasteiger partial charge in [-0.3, -0.25) is 9.78 Å². The van der Waals surface area contributed by atoms with Gasteiger partial charge in [-0.1, -0.05) is 38.1 Å². The Morgan fingerprint density at radius 2 is 1.83 bits per heavy atom. The molecule has 0 saturated carbocycles. The summed E-state index contributed by atoms with van der Waals surface area (Å²) in [7, 11) is 0. The molecule has 0 aliphatic rings. The SMILES string of the molecule is CC(C)(C)c1ccc(OCCCC(=O)NCc2nc(-c3ccncc3)no2)cc1. The number of carbonyl (C=O) groups excluding carboxylic acids is 1. The van der Waals surface area contributed by atoms with Gasteiger partial charge in [0.2, 0.25) is 17.6 Å². The lowest BCUT2D eigenvalue weighted by Crippen LogP contribution is -2.23. The summed E-state index contributed by atoms with van der Waals surface area (Å²) < 4.78 is 10.9. The van der Waals surface area contributed by atoms with Gasteiger partial charge in [0, 0.05) is 24.4 Å². The first-order chi connectivity index (χ1) is 13.9. The van der Waals surface area contributed by atoms with Gasteiger partial charge in [-0.2, -0.15) is 4.98 Å². The van der Waals surface area contributed by atoms with E-state index in [2.05, 4.69) is 53.3 Å². The molecule has 0 radical (unpaired) electrons. The van der Waals surface area contributed by atoms with Crippen LogP contribution in [0.4, 0.5) is 0 Å². The molecule has 0 aliphatic carbocycles. The van der Waals surface area contributed by atoms with Crippen molar-refractivity contribution >= 4 is 5.91 Å². The topological polar surface area (TPSA) is 90.1 Å². The Morgan fingerprint density at radius 3 is 2.52 bits per heavy atom. The van der Waals surface area contributed by atoms with E-state index in [-0.39, 0.29) is 17.9 Å². The number of nitrogens with one attached hydrogen (secondary N) is 1. The number of carbonyl (C=O) groups is 1. The highest BCUT2D eigenvalue weighted by atomic mass is 16.5. The second-order valence-electron chi connectivity index (χ2n) is 7.75. The Bertz CT molecular complexity index is 915.